The standard InChI is InChI=1S/C15H25NO2S/c1-6-8-16(9-7-2)19(17,18)15-11-13(4)12(3)10-14(15)5/h10-11H,6-9H2,1-5H3. The largest absolute Gasteiger partial charge is 0.243 e. The Hall–Kier alpha value is -0.870. The van der Waals surface area contributed by atoms with Crippen molar-refractivity contribution < 1.29 is 8.42 Å². The van der Waals surface area contributed by atoms with Gasteiger partial charge in [0.05, 0.1) is 4.90 Å². The number of aryl methyl sites for hydroxylation is 3. The van der Waals surface area contributed by atoms with Crippen molar-refractivity contribution in [2.75, 3.05) is 13.1 Å². The zero-order chi connectivity index (χ0) is 14.6. The minimum atomic E-state index is -3.36. The third-order valence-corrected chi connectivity index (χ3v) is 5.40. The van der Waals surface area contributed by atoms with Crippen molar-refractivity contribution >= 4 is 10.0 Å². The number of hydrogen-bond donors (Lipinski definition) is 0. The summed E-state index contributed by atoms with van der Waals surface area (Å²) in [5.41, 5.74) is 2.99. The van der Waals surface area contributed by atoms with Crippen LogP contribution in [0.1, 0.15) is 43.4 Å². The molecular weight excluding hydrogens is 258 g/mol. The Morgan fingerprint density at radius 3 is 1.84 bits per heavy atom. The van der Waals surface area contributed by atoms with Gasteiger partial charge in [-0.25, -0.2) is 8.42 Å². The molecule has 1 aromatic carbocycles. The normalized spacial score (nSPS) is 12.1. The van der Waals surface area contributed by atoms with Gasteiger partial charge in [-0.2, -0.15) is 4.31 Å². The summed E-state index contributed by atoms with van der Waals surface area (Å²) >= 11 is 0. The maximum Gasteiger partial charge on any atom is 0.243 e. The summed E-state index contributed by atoms with van der Waals surface area (Å²) in [6.07, 6.45) is 1.67. The lowest BCUT2D eigenvalue weighted by Gasteiger charge is -2.22. The molecule has 0 aromatic heterocycles. The van der Waals surface area contributed by atoms with Crippen LogP contribution in [0.25, 0.3) is 0 Å². The van der Waals surface area contributed by atoms with E-state index in [0.717, 1.165) is 29.5 Å². The lowest BCUT2D eigenvalue weighted by Crippen LogP contribution is -2.33. The van der Waals surface area contributed by atoms with E-state index in [1.54, 1.807) is 10.4 Å². The maximum atomic E-state index is 12.7. The predicted octanol–water partition coefficient (Wildman–Crippen LogP) is 3.42. The molecule has 0 spiro atoms. The monoisotopic (exact) mass is 283 g/mol. The smallest absolute Gasteiger partial charge is 0.207 e. The molecule has 3 nitrogen and oxygen atoms in total. The van der Waals surface area contributed by atoms with Crippen LogP contribution in [0, 0.1) is 20.8 Å². The molecule has 0 unspecified atom stereocenters. The number of sulfonamides is 1. The summed E-state index contributed by atoms with van der Waals surface area (Å²) < 4.78 is 27.0. The van der Waals surface area contributed by atoms with Crippen LogP contribution < -0.4 is 0 Å². The Balaban J connectivity index is 3.28. The summed E-state index contributed by atoms with van der Waals surface area (Å²) in [5, 5.41) is 0. The van der Waals surface area contributed by atoms with Gasteiger partial charge in [0, 0.05) is 13.1 Å². The van der Waals surface area contributed by atoms with E-state index in [9.17, 15) is 8.42 Å². The van der Waals surface area contributed by atoms with Crippen LogP contribution >= 0.6 is 0 Å². The van der Waals surface area contributed by atoms with E-state index in [0.29, 0.717) is 18.0 Å². The summed E-state index contributed by atoms with van der Waals surface area (Å²) in [6.45, 7) is 11.0. The molecule has 0 N–H and O–H groups in total. The van der Waals surface area contributed by atoms with Crippen molar-refractivity contribution in [3.8, 4) is 0 Å². The highest BCUT2D eigenvalue weighted by atomic mass is 32.2. The molecule has 0 heterocycles. The van der Waals surface area contributed by atoms with Gasteiger partial charge in [0.2, 0.25) is 10.0 Å². The second-order valence-electron chi connectivity index (χ2n) is 5.11. The van der Waals surface area contributed by atoms with Crippen LogP contribution in [0.4, 0.5) is 0 Å². The van der Waals surface area contributed by atoms with Crippen LogP contribution in [-0.2, 0) is 10.0 Å². The lowest BCUT2D eigenvalue weighted by molar-refractivity contribution is 0.409. The topological polar surface area (TPSA) is 37.4 Å². The zero-order valence-corrected chi connectivity index (χ0v) is 13.5. The third kappa shape index (κ3) is 3.57. The highest BCUT2D eigenvalue weighted by Gasteiger charge is 2.25. The van der Waals surface area contributed by atoms with E-state index in [-0.39, 0.29) is 0 Å². The Kier molecular flexibility index (Phi) is 5.56. The van der Waals surface area contributed by atoms with Gasteiger partial charge >= 0.3 is 0 Å². The van der Waals surface area contributed by atoms with Gasteiger partial charge in [0.25, 0.3) is 0 Å². The predicted molar refractivity (Wildman–Crippen MR) is 80.0 cm³/mol. The van der Waals surface area contributed by atoms with E-state index in [2.05, 4.69) is 0 Å². The average Bonchev–Trinajstić information content (AvgIpc) is 2.33. The second kappa shape index (κ2) is 6.53. The first-order chi connectivity index (χ1) is 8.84. The van der Waals surface area contributed by atoms with Gasteiger partial charge in [0.1, 0.15) is 0 Å². The Morgan fingerprint density at radius 1 is 0.895 bits per heavy atom. The van der Waals surface area contributed by atoms with Crippen molar-refractivity contribution in [2.24, 2.45) is 0 Å². The second-order valence-corrected chi connectivity index (χ2v) is 7.01. The SMILES string of the molecule is CCCN(CCC)S(=O)(=O)c1cc(C)c(C)cc1C. The molecule has 0 amide bonds. The molecule has 0 bridgehead atoms. The number of benzene rings is 1. The fourth-order valence-electron chi connectivity index (χ4n) is 2.20. The van der Waals surface area contributed by atoms with Gasteiger partial charge in [-0.05, 0) is 56.4 Å². The molecule has 1 aromatic rings. The van der Waals surface area contributed by atoms with Crippen molar-refractivity contribution in [1.82, 2.24) is 4.31 Å². The molecule has 0 saturated heterocycles. The minimum Gasteiger partial charge on any atom is -0.207 e. The molecule has 0 aliphatic heterocycles. The summed E-state index contributed by atoms with van der Waals surface area (Å²) in [6, 6.07) is 3.76. The molecule has 0 fully saturated rings. The summed E-state index contributed by atoms with van der Waals surface area (Å²) in [7, 11) is -3.36. The lowest BCUT2D eigenvalue weighted by atomic mass is 10.1. The highest BCUT2D eigenvalue weighted by Crippen LogP contribution is 2.23. The highest BCUT2D eigenvalue weighted by molar-refractivity contribution is 7.89. The summed E-state index contributed by atoms with van der Waals surface area (Å²) in [4.78, 5) is 0.456. The van der Waals surface area contributed by atoms with Gasteiger partial charge < -0.3 is 0 Å². The molecule has 0 atom stereocenters. The van der Waals surface area contributed by atoms with Crippen molar-refractivity contribution in [3.05, 3.63) is 28.8 Å². The van der Waals surface area contributed by atoms with Crippen molar-refractivity contribution in [1.29, 1.82) is 0 Å². The van der Waals surface area contributed by atoms with Crippen molar-refractivity contribution in [3.63, 3.8) is 0 Å². The Bertz CT molecular complexity index is 529. The third-order valence-electron chi connectivity index (χ3n) is 3.36. The quantitative estimate of drug-likeness (QED) is 0.802. The number of nitrogens with zero attached hydrogens (tertiary/aromatic N) is 1. The molecule has 0 aliphatic rings. The fourth-order valence-corrected chi connectivity index (χ4v) is 4.12. The molecule has 0 saturated carbocycles. The van der Waals surface area contributed by atoms with Gasteiger partial charge in [-0.1, -0.05) is 19.9 Å². The van der Waals surface area contributed by atoms with E-state index in [4.69, 9.17) is 0 Å². The Morgan fingerprint density at radius 2 is 1.37 bits per heavy atom. The van der Waals surface area contributed by atoms with Crippen LogP contribution in [0.2, 0.25) is 0 Å². The van der Waals surface area contributed by atoms with Gasteiger partial charge in [0.15, 0.2) is 0 Å². The van der Waals surface area contributed by atoms with E-state index in [1.165, 1.54) is 0 Å². The van der Waals surface area contributed by atoms with E-state index >= 15 is 0 Å². The molecule has 4 heteroatoms. The van der Waals surface area contributed by atoms with E-state index in [1.807, 2.05) is 40.7 Å². The van der Waals surface area contributed by atoms with E-state index < -0.39 is 10.0 Å². The first-order valence-electron chi connectivity index (χ1n) is 6.92. The number of rotatable bonds is 6. The first kappa shape index (κ1) is 16.2. The number of hydrogen-bond acceptors (Lipinski definition) is 2. The minimum absolute atomic E-state index is 0.456. The first-order valence-corrected chi connectivity index (χ1v) is 8.36. The molecule has 0 aliphatic carbocycles. The molecular formula is C15H25NO2S. The van der Waals surface area contributed by atoms with Gasteiger partial charge in [-0.3, -0.25) is 0 Å². The average molecular weight is 283 g/mol. The summed E-state index contributed by atoms with van der Waals surface area (Å²) in [5.74, 6) is 0. The molecule has 19 heavy (non-hydrogen) atoms. The van der Waals surface area contributed by atoms with Crippen molar-refractivity contribution in [2.45, 2.75) is 52.4 Å². The zero-order valence-electron chi connectivity index (χ0n) is 12.7. The fraction of sp³-hybridized carbons (Fsp3) is 0.600. The molecule has 108 valence electrons. The molecule has 0 radical (unpaired) electrons. The maximum absolute atomic E-state index is 12.7. The van der Waals surface area contributed by atoms with Gasteiger partial charge in [-0.15, -0.1) is 0 Å². The van der Waals surface area contributed by atoms with Crippen LogP contribution in [0.3, 0.4) is 0 Å². The molecule has 1 rings (SSSR count). The Labute approximate surface area is 117 Å². The van der Waals surface area contributed by atoms with Crippen LogP contribution in [0.5, 0.6) is 0 Å². The van der Waals surface area contributed by atoms with Crippen LogP contribution in [0.15, 0.2) is 17.0 Å². The van der Waals surface area contributed by atoms with Crippen LogP contribution in [-0.4, -0.2) is 25.8 Å².